The molecule has 4 nitrogen and oxygen atoms in total. The van der Waals surface area contributed by atoms with E-state index in [1.165, 1.54) is 22.3 Å². The Hall–Kier alpha value is -2.49. The zero-order valence-electron chi connectivity index (χ0n) is 11.9. The zero-order valence-corrected chi connectivity index (χ0v) is 11.9. The van der Waals surface area contributed by atoms with Crippen LogP contribution in [0.15, 0.2) is 47.4 Å². The molecule has 0 amide bonds. The highest BCUT2D eigenvalue weighted by atomic mass is 16.5. The standard InChI is InChI=1S/C17H16N2O2/c1-20-16-5-3-2-4-14(16)10-19-9-13-7-6-12-8-18-21-17(12)15(13)11-19/h2-5,8-9,11H,6-7,10H2,1H3. The molecule has 0 saturated carbocycles. The zero-order chi connectivity index (χ0) is 14.2. The Kier molecular flexibility index (Phi) is 2.81. The average molecular weight is 280 g/mol. The Labute approximate surface area is 122 Å². The maximum absolute atomic E-state index is 5.42. The van der Waals surface area contributed by atoms with Gasteiger partial charge in [-0.1, -0.05) is 23.4 Å². The number of methoxy groups -OCH3 is 1. The van der Waals surface area contributed by atoms with Crippen molar-refractivity contribution in [2.75, 3.05) is 7.11 Å². The van der Waals surface area contributed by atoms with Gasteiger partial charge in [0.15, 0.2) is 5.76 Å². The van der Waals surface area contributed by atoms with Gasteiger partial charge in [0.1, 0.15) is 5.75 Å². The first kappa shape index (κ1) is 12.3. The number of hydrogen-bond donors (Lipinski definition) is 0. The Bertz CT molecular complexity index is 786. The average Bonchev–Trinajstić information content (AvgIpc) is 3.12. The van der Waals surface area contributed by atoms with E-state index in [1.807, 2.05) is 24.4 Å². The van der Waals surface area contributed by atoms with Crippen LogP contribution < -0.4 is 4.74 Å². The first-order chi connectivity index (χ1) is 10.3. The summed E-state index contributed by atoms with van der Waals surface area (Å²) < 4.78 is 13.0. The minimum Gasteiger partial charge on any atom is -0.496 e. The van der Waals surface area contributed by atoms with E-state index in [2.05, 4.69) is 28.2 Å². The summed E-state index contributed by atoms with van der Waals surface area (Å²) in [4.78, 5) is 0. The summed E-state index contributed by atoms with van der Waals surface area (Å²) in [5.41, 5.74) is 4.88. The molecule has 106 valence electrons. The van der Waals surface area contributed by atoms with E-state index in [0.717, 1.165) is 30.9 Å². The second-order valence-electron chi connectivity index (χ2n) is 5.36. The quantitative estimate of drug-likeness (QED) is 0.739. The highest BCUT2D eigenvalue weighted by Crippen LogP contribution is 2.34. The summed E-state index contributed by atoms with van der Waals surface area (Å²) >= 11 is 0. The van der Waals surface area contributed by atoms with Crippen LogP contribution in [0.1, 0.15) is 16.7 Å². The fraction of sp³-hybridized carbons (Fsp3) is 0.235. The van der Waals surface area contributed by atoms with Crippen molar-refractivity contribution in [1.82, 2.24) is 9.72 Å². The smallest absolute Gasteiger partial charge is 0.171 e. The summed E-state index contributed by atoms with van der Waals surface area (Å²) in [6.07, 6.45) is 8.22. The van der Waals surface area contributed by atoms with E-state index >= 15 is 0 Å². The van der Waals surface area contributed by atoms with Gasteiger partial charge in [0.05, 0.1) is 19.9 Å². The third kappa shape index (κ3) is 2.03. The molecule has 0 N–H and O–H groups in total. The number of aromatic nitrogens is 2. The molecule has 4 heteroatoms. The molecule has 1 aliphatic rings. The van der Waals surface area contributed by atoms with Crippen molar-refractivity contribution in [3.8, 4) is 17.1 Å². The largest absolute Gasteiger partial charge is 0.496 e. The van der Waals surface area contributed by atoms with Crippen LogP contribution in [0, 0.1) is 0 Å². The van der Waals surface area contributed by atoms with Gasteiger partial charge in [0, 0.05) is 29.1 Å². The summed E-state index contributed by atoms with van der Waals surface area (Å²) in [6.45, 7) is 0.792. The molecule has 4 rings (SSSR count). The van der Waals surface area contributed by atoms with Gasteiger partial charge < -0.3 is 13.8 Å². The lowest BCUT2D eigenvalue weighted by atomic mass is 9.95. The van der Waals surface area contributed by atoms with Gasteiger partial charge in [-0.2, -0.15) is 0 Å². The third-order valence-corrected chi connectivity index (χ3v) is 4.06. The van der Waals surface area contributed by atoms with Crippen molar-refractivity contribution in [2.45, 2.75) is 19.4 Å². The van der Waals surface area contributed by atoms with Gasteiger partial charge in [-0.05, 0) is 24.5 Å². The molecular formula is C17H16N2O2. The van der Waals surface area contributed by atoms with Crippen LogP contribution in [0.2, 0.25) is 0 Å². The number of para-hydroxylation sites is 1. The Morgan fingerprint density at radius 1 is 1.19 bits per heavy atom. The van der Waals surface area contributed by atoms with E-state index in [0.29, 0.717) is 0 Å². The number of rotatable bonds is 3. The second-order valence-corrected chi connectivity index (χ2v) is 5.36. The molecule has 1 aliphatic carbocycles. The lowest BCUT2D eigenvalue weighted by Gasteiger charge is -2.08. The normalized spacial score (nSPS) is 12.8. The van der Waals surface area contributed by atoms with Crippen LogP contribution in [0.25, 0.3) is 11.3 Å². The summed E-state index contributed by atoms with van der Waals surface area (Å²) in [6, 6.07) is 8.12. The summed E-state index contributed by atoms with van der Waals surface area (Å²) in [7, 11) is 1.71. The minimum absolute atomic E-state index is 0.792. The van der Waals surface area contributed by atoms with Crippen molar-refractivity contribution < 1.29 is 9.26 Å². The summed E-state index contributed by atoms with van der Waals surface area (Å²) in [5, 5.41) is 3.92. The SMILES string of the molecule is COc1ccccc1Cn1cc2c(c1)-c1oncc1CC2. The minimum atomic E-state index is 0.792. The van der Waals surface area contributed by atoms with Crippen molar-refractivity contribution in [1.29, 1.82) is 0 Å². The topological polar surface area (TPSA) is 40.2 Å². The molecule has 1 aromatic carbocycles. The van der Waals surface area contributed by atoms with Crippen molar-refractivity contribution in [3.63, 3.8) is 0 Å². The maximum atomic E-state index is 5.42. The highest BCUT2D eigenvalue weighted by molar-refractivity contribution is 5.67. The molecule has 0 spiro atoms. The lowest BCUT2D eigenvalue weighted by molar-refractivity contribution is 0.408. The predicted molar refractivity (Wildman–Crippen MR) is 79.4 cm³/mol. The first-order valence-electron chi connectivity index (χ1n) is 7.09. The number of fused-ring (bicyclic) bond motifs is 3. The molecule has 0 bridgehead atoms. The number of benzene rings is 1. The Morgan fingerprint density at radius 2 is 2.05 bits per heavy atom. The van der Waals surface area contributed by atoms with Crippen molar-refractivity contribution in [2.24, 2.45) is 0 Å². The fourth-order valence-electron chi connectivity index (χ4n) is 3.01. The molecule has 21 heavy (non-hydrogen) atoms. The summed E-state index contributed by atoms with van der Waals surface area (Å²) in [5.74, 6) is 1.85. The van der Waals surface area contributed by atoms with Crippen LogP contribution in [0.3, 0.4) is 0 Å². The lowest BCUT2D eigenvalue weighted by Crippen LogP contribution is -1.99. The van der Waals surface area contributed by atoms with Crippen LogP contribution in [0.4, 0.5) is 0 Å². The van der Waals surface area contributed by atoms with Gasteiger partial charge in [-0.15, -0.1) is 0 Å². The molecule has 0 radical (unpaired) electrons. The second kappa shape index (κ2) is 4.81. The third-order valence-electron chi connectivity index (χ3n) is 4.06. The van der Waals surface area contributed by atoms with Gasteiger partial charge in [-0.25, -0.2) is 0 Å². The molecule has 2 heterocycles. The van der Waals surface area contributed by atoms with Gasteiger partial charge in [0.25, 0.3) is 0 Å². The van der Waals surface area contributed by atoms with E-state index in [-0.39, 0.29) is 0 Å². The van der Waals surface area contributed by atoms with Gasteiger partial charge in [0.2, 0.25) is 0 Å². The molecule has 3 aromatic rings. The van der Waals surface area contributed by atoms with Crippen LogP contribution >= 0.6 is 0 Å². The molecule has 0 unspecified atom stereocenters. The molecule has 0 saturated heterocycles. The van der Waals surface area contributed by atoms with E-state index < -0.39 is 0 Å². The van der Waals surface area contributed by atoms with E-state index in [9.17, 15) is 0 Å². The fourth-order valence-corrected chi connectivity index (χ4v) is 3.01. The highest BCUT2D eigenvalue weighted by Gasteiger charge is 2.22. The molecule has 2 aromatic heterocycles. The number of hydrogen-bond acceptors (Lipinski definition) is 3. The van der Waals surface area contributed by atoms with Crippen LogP contribution in [0.5, 0.6) is 5.75 Å². The monoisotopic (exact) mass is 280 g/mol. The van der Waals surface area contributed by atoms with Crippen LogP contribution in [-0.2, 0) is 19.4 Å². The van der Waals surface area contributed by atoms with Gasteiger partial charge in [-0.3, -0.25) is 0 Å². The van der Waals surface area contributed by atoms with Crippen molar-refractivity contribution in [3.05, 3.63) is 59.5 Å². The number of aryl methyl sites for hydroxylation is 2. The molecule has 0 fully saturated rings. The predicted octanol–water partition coefficient (Wildman–Crippen LogP) is 3.30. The van der Waals surface area contributed by atoms with E-state index in [1.54, 1.807) is 7.11 Å². The first-order valence-corrected chi connectivity index (χ1v) is 7.09. The molecule has 0 atom stereocenters. The Morgan fingerprint density at radius 3 is 2.95 bits per heavy atom. The Balaban J connectivity index is 1.70. The van der Waals surface area contributed by atoms with Crippen LogP contribution in [-0.4, -0.2) is 16.8 Å². The maximum Gasteiger partial charge on any atom is 0.171 e. The molecular weight excluding hydrogens is 264 g/mol. The van der Waals surface area contributed by atoms with Crippen molar-refractivity contribution >= 4 is 0 Å². The number of nitrogens with zero attached hydrogens (tertiary/aromatic N) is 2. The number of ether oxygens (including phenoxy) is 1. The molecule has 0 aliphatic heterocycles. The van der Waals surface area contributed by atoms with Gasteiger partial charge >= 0.3 is 0 Å². The van der Waals surface area contributed by atoms with E-state index in [4.69, 9.17) is 9.26 Å².